The first-order chi connectivity index (χ1) is 14.9. The van der Waals surface area contributed by atoms with Gasteiger partial charge in [0.1, 0.15) is 0 Å². The third-order valence-corrected chi connectivity index (χ3v) is 7.54. The van der Waals surface area contributed by atoms with E-state index in [0.717, 1.165) is 6.20 Å². The summed E-state index contributed by atoms with van der Waals surface area (Å²) in [6.07, 6.45) is 1.03. The van der Waals surface area contributed by atoms with Crippen molar-refractivity contribution in [3.05, 3.63) is 52.4 Å². The Labute approximate surface area is 189 Å². The first-order valence-electron chi connectivity index (χ1n) is 9.07. The number of aryl methyl sites for hydroxylation is 1. The molecular weight excluding hydrogens is 482 g/mol. The maximum Gasteiger partial charge on any atom is 0.275 e. The van der Waals surface area contributed by atoms with Crippen molar-refractivity contribution in [1.29, 1.82) is 0 Å². The third-order valence-electron chi connectivity index (χ3n) is 4.40. The molecule has 0 saturated carbocycles. The van der Waals surface area contributed by atoms with Crippen molar-refractivity contribution >= 4 is 48.9 Å². The molecule has 0 bridgehead atoms. The second-order valence-electron chi connectivity index (χ2n) is 6.56. The number of hydrogen-bond donors (Lipinski definition) is 2. The largest absolute Gasteiger partial charge is 0.337 e. The molecule has 0 saturated heterocycles. The van der Waals surface area contributed by atoms with Crippen LogP contribution in [0, 0.1) is 13.8 Å². The fourth-order valence-corrected chi connectivity index (χ4v) is 4.31. The highest BCUT2D eigenvalue weighted by molar-refractivity contribution is 7.92. The molecule has 3 rings (SSSR count). The van der Waals surface area contributed by atoms with Crippen molar-refractivity contribution in [2.45, 2.75) is 30.8 Å². The van der Waals surface area contributed by atoms with Gasteiger partial charge in [-0.3, -0.25) is 4.79 Å². The van der Waals surface area contributed by atoms with Gasteiger partial charge in [0.2, 0.25) is 20.9 Å². The summed E-state index contributed by atoms with van der Waals surface area (Å²) in [4.78, 5) is 19.9. The van der Waals surface area contributed by atoms with Gasteiger partial charge >= 0.3 is 0 Å². The molecule has 2 aromatic heterocycles. The topological polar surface area (TPSA) is 161 Å². The zero-order valence-electron chi connectivity index (χ0n) is 17.1. The van der Waals surface area contributed by atoms with Gasteiger partial charge in [-0.2, -0.15) is 0 Å². The van der Waals surface area contributed by atoms with E-state index in [1.807, 2.05) is 0 Å². The molecule has 0 atom stereocenters. The normalized spacial score (nSPS) is 11.9. The lowest BCUT2D eigenvalue weighted by Gasteiger charge is -2.09. The number of halogens is 1. The Morgan fingerprint density at radius 2 is 1.78 bits per heavy atom. The van der Waals surface area contributed by atoms with E-state index in [1.165, 1.54) is 31.2 Å². The molecule has 3 aromatic rings. The quantitative estimate of drug-likeness (QED) is 0.465. The van der Waals surface area contributed by atoms with Gasteiger partial charge in [-0.1, -0.05) is 23.7 Å². The SMILES string of the molecule is CCS(=O)(=O)c1ncc(Cl)c(C(=O)Nc2ccc(S(=O)(=O)Nc3onc(C)c3C)cc2)n1. The molecule has 2 heterocycles. The van der Waals surface area contributed by atoms with Crippen LogP contribution in [-0.2, 0) is 19.9 Å². The van der Waals surface area contributed by atoms with Gasteiger partial charge in [0, 0.05) is 11.3 Å². The van der Waals surface area contributed by atoms with Gasteiger partial charge in [0.15, 0.2) is 5.69 Å². The van der Waals surface area contributed by atoms with Gasteiger partial charge in [-0.15, -0.1) is 0 Å². The molecule has 170 valence electrons. The molecule has 0 aliphatic rings. The maximum absolute atomic E-state index is 12.5. The summed E-state index contributed by atoms with van der Waals surface area (Å²) in [7, 11) is -7.70. The average Bonchev–Trinajstić information content (AvgIpc) is 3.05. The number of sulfonamides is 1. The number of hydrogen-bond acceptors (Lipinski definition) is 9. The monoisotopic (exact) mass is 499 g/mol. The van der Waals surface area contributed by atoms with Crippen LogP contribution in [0.2, 0.25) is 5.02 Å². The Hall–Kier alpha value is -3.03. The van der Waals surface area contributed by atoms with Crippen molar-refractivity contribution in [2.24, 2.45) is 0 Å². The Morgan fingerprint density at radius 3 is 2.34 bits per heavy atom. The average molecular weight is 500 g/mol. The Kier molecular flexibility index (Phi) is 6.53. The van der Waals surface area contributed by atoms with E-state index >= 15 is 0 Å². The van der Waals surface area contributed by atoms with Crippen molar-refractivity contribution in [1.82, 2.24) is 15.1 Å². The van der Waals surface area contributed by atoms with Crippen LogP contribution in [-0.4, -0.2) is 43.6 Å². The molecular formula is C18H18ClN5O6S2. The second-order valence-corrected chi connectivity index (χ2v) is 10.8. The number of rotatable bonds is 7. The molecule has 0 aliphatic heterocycles. The number of anilines is 2. The minimum absolute atomic E-state index is 0.0103. The lowest BCUT2D eigenvalue weighted by Crippen LogP contribution is -2.18. The summed E-state index contributed by atoms with van der Waals surface area (Å²) >= 11 is 5.94. The minimum atomic E-state index is -3.96. The van der Waals surface area contributed by atoms with Crippen LogP contribution in [0.1, 0.15) is 28.7 Å². The Bertz CT molecular complexity index is 1390. The minimum Gasteiger partial charge on any atom is -0.337 e. The van der Waals surface area contributed by atoms with Crippen molar-refractivity contribution in [3.8, 4) is 0 Å². The number of carbonyl (C=O) groups excluding carboxylic acids is 1. The number of aromatic nitrogens is 3. The predicted octanol–water partition coefficient (Wildman–Crippen LogP) is 2.58. The van der Waals surface area contributed by atoms with E-state index in [4.69, 9.17) is 16.1 Å². The van der Waals surface area contributed by atoms with E-state index < -0.39 is 30.9 Å². The van der Waals surface area contributed by atoms with E-state index in [-0.39, 0.29) is 32.9 Å². The smallest absolute Gasteiger partial charge is 0.275 e. The van der Waals surface area contributed by atoms with Crippen LogP contribution >= 0.6 is 11.6 Å². The zero-order chi connectivity index (χ0) is 23.7. The summed E-state index contributed by atoms with van der Waals surface area (Å²) in [5, 5.41) is 5.53. The van der Waals surface area contributed by atoms with Gasteiger partial charge in [-0.25, -0.2) is 31.5 Å². The number of benzene rings is 1. The van der Waals surface area contributed by atoms with Gasteiger partial charge in [0.25, 0.3) is 15.9 Å². The summed E-state index contributed by atoms with van der Waals surface area (Å²) in [5.74, 6) is -1.02. The molecule has 11 nitrogen and oxygen atoms in total. The van der Waals surface area contributed by atoms with Crippen LogP contribution in [0.4, 0.5) is 11.6 Å². The van der Waals surface area contributed by atoms with Crippen LogP contribution in [0.25, 0.3) is 0 Å². The lowest BCUT2D eigenvalue weighted by molar-refractivity contribution is 0.102. The third kappa shape index (κ3) is 4.89. The van der Waals surface area contributed by atoms with Crippen LogP contribution < -0.4 is 10.0 Å². The van der Waals surface area contributed by atoms with Gasteiger partial charge in [-0.05, 0) is 38.1 Å². The molecule has 0 aliphatic carbocycles. The van der Waals surface area contributed by atoms with Crippen molar-refractivity contribution < 1.29 is 26.2 Å². The highest BCUT2D eigenvalue weighted by atomic mass is 35.5. The van der Waals surface area contributed by atoms with E-state index in [0.29, 0.717) is 11.3 Å². The molecule has 2 N–H and O–H groups in total. The maximum atomic E-state index is 12.5. The first kappa shape index (κ1) is 23.6. The molecule has 0 spiro atoms. The fourth-order valence-electron chi connectivity index (χ4n) is 2.39. The molecule has 0 fully saturated rings. The highest BCUT2D eigenvalue weighted by Gasteiger charge is 2.22. The Morgan fingerprint density at radius 1 is 1.12 bits per heavy atom. The lowest BCUT2D eigenvalue weighted by atomic mass is 10.3. The second kappa shape index (κ2) is 8.84. The van der Waals surface area contributed by atoms with Crippen LogP contribution in [0.3, 0.4) is 0 Å². The molecule has 0 unspecified atom stereocenters. The summed E-state index contributed by atoms with van der Waals surface area (Å²) < 4.78 is 56.3. The van der Waals surface area contributed by atoms with Crippen LogP contribution in [0.15, 0.2) is 45.0 Å². The fraction of sp³-hybridized carbons (Fsp3) is 0.222. The van der Waals surface area contributed by atoms with Crippen molar-refractivity contribution in [3.63, 3.8) is 0 Å². The summed E-state index contributed by atoms with van der Waals surface area (Å²) in [6, 6.07) is 5.24. The first-order valence-corrected chi connectivity index (χ1v) is 12.6. The van der Waals surface area contributed by atoms with E-state index in [1.54, 1.807) is 13.8 Å². The summed E-state index contributed by atoms with van der Waals surface area (Å²) in [6.45, 7) is 4.76. The number of amides is 1. The van der Waals surface area contributed by atoms with Gasteiger partial charge < -0.3 is 9.84 Å². The highest BCUT2D eigenvalue weighted by Crippen LogP contribution is 2.23. The molecule has 1 aromatic carbocycles. The van der Waals surface area contributed by atoms with Gasteiger partial charge in [0.05, 0.1) is 27.6 Å². The van der Waals surface area contributed by atoms with Crippen LogP contribution in [0.5, 0.6) is 0 Å². The predicted molar refractivity (Wildman–Crippen MR) is 116 cm³/mol. The number of carbonyl (C=O) groups is 1. The molecule has 14 heteroatoms. The van der Waals surface area contributed by atoms with E-state index in [9.17, 15) is 21.6 Å². The molecule has 32 heavy (non-hydrogen) atoms. The number of sulfone groups is 1. The molecule has 0 radical (unpaired) electrons. The molecule has 1 amide bonds. The zero-order valence-corrected chi connectivity index (χ0v) is 19.5. The summed E-state index contributed by atoms with van der Waals surface area (Å²) in [5.41, 5.74) is 1.01. The number of nitrogens with one attached hydrogen (secondary N) is 2. The standard InChI is InChI=1S/C18H18ClN5O6S2/c1-4-31(26,27)18-20-9-14(19)15(22-18)16(25)21-12-5-7-13(8-6-12)32(28,29)24-17-10(2)11(3)23-30-17/h5-9,24H,4H2,1-3H3,(H,21,25). The number of nitrogens with zero attached hydrogens (tertiary/aromatic N) is 3. The van der Waals surface area contributed by atoms with E-state index in [2.05, 4.69) is 25.2 Å². The van der Waals surface area contributed by atoms with Crippen molar-refractivity contribution in [2.75, 3.05) is 15.8 Å². The Balaban J connectivity index is 1.79.